The molecule has 1 aliphatic heterocycles. The highest BCUT2D eigenvalue weighted by atomic mass is 16.5. The van der Waals surface area contributed by atoms with Crippen LogP contribution in [0.2, 0.25) is 0 Å². The molecule has 1 saturated heterocycles. The molecule has 0 spiro atoms. The van der Waals surface area contributed by atoms with Crippen LogP contribution in [0.1, 0.15) is 5.56 Å². The number of nitrogens with two attached hydrogens (primary N) is 1. The number of morpholine rings is 1. The molecule has 3 rings (SSSR count). The second-order valence-corrected chi connectivity index (χ2v) is 4.26. The molecule has 0 amide bonds. The zero-order valence-electron chi connectivity index (χ0n) is 10.7. The first-order valence-corrected chi connectivity index (χ1v) is 6.20. The molecule has 0 aromatic carbocycles. The average molecular weight is 271 g/mol. The number of nitrogen functional groups attached to an aromatic ring is 1. The lowest BCUT2D eigenvalue weighted by molar-refractivity contribution is 0.122. The maximum Gasteiger partial charge on any atom is 0.252 e. The molecule has 8 heteroatoms. The second kappa shape index (κ2) is 5.14. The number of ether oxygens (including phenoxy) is 1. The Hall–Kier alpha value is -2.66. The molecule has 2 aromatic heterocycles. The van der Waals surface area contributed by atoms with E-state index in [1.54, 1.807) is 18.5 Å². The summed E-state index contributed by atoms with van der Waals surface area (Å²) in [7, 11) is 0. The summed E-state index contributed by atoms with van der Waals surface area (Å²) in [5.74, 6) is 1.15. The summed E-state index contributed by atoms with van der Waals surface area (Å²) >= 11 is 0. The Morgan fingerprint density at radius 1 is 1.25 bits per heavy atom. The van der Waals surface area contributed by atoms with Crippen LogP contribution in [0.3, 0.4) is 0 Å². The van der Waals surface area contributed by atoms with Crippen LogP contribution in [0.5, 0.6) is 0 Å². The van der Waals surface area contributed by atoms with Crippen molar-refractivity contribution >= 4 is 11.6 Å². The highest BCUT2D eigenvalue weighted by molar-refractivity contribution is 5.66. The lowest BCUT2D eigenvalue weighted by Crippen LogP contribution is -2.37. The minimum atomic E-state index is 0.250. The molecule has 1 fully saturated rings. The normalized spacial score (nSPS) is 15.1. The van der Waals surface area contributed by atoms with Gasteiger partial charge in [0, 0.05) is 25.5 Å². The predicted octanol–water partition coefficient (Wildman–Crippen LogP) is -0.0472. The molecule has 2 aromatic rings. The fourth-order valence-corrected chi connectivity index (χ4v) is 2.08. The van der Waals surface area contributed by atoms with E-state index in [0.29, 0.717) is 43.6 Å². The summed E-state index contributed by atoms with van der Waals surface area (Å²) in [4.78, 5) is 10.2. The lowest BCUT2D eigenvalue weighted by atomic mass is 10.3. The molecular formula is C12H13N7O. The van der Waals surface area contributed by atoms with Crippen molar-refractivity contribution in [3.05, 3.63) is 24.0 Å². The van der Waals surface area contributed by atoms with Crippen molar-refractivity contribution in [3.63, 3.8) is 0 Å². The smallest absolute Gasteiger partial charge is 0.252 e. The number of anilines is 2. The highest BCUT2D eigenvalue weighted by Crippen LogP contribution is 2.26. The van der Waals surface area contributed by atoms with Gasteiger partial charge >= 0.3 is 0 Å². The van der Waals surface area contributed by atoms with E-state index in [-0.39, 0.29) is 5.82 Å². The molecule has 8 nitrogen and oxygen atoms in total. The molecule has 0 radical (unpaired) electrons. The summed E-state index contributed by atoms with van der Waals surface area (Å²) in [6.45, 7) is 2.58. The predicted molar refractivity (Wildman–Crippen MR) is 71.3 cm³/mol. The maximum atomic E-state index is 9.31. The van der Waals surface area contributed by atoms with Crippen molar-refractivity contribution in [3.8, 4) is 12.0 Å². The lowest BCUT2D eigenvalue weighted by Gasteiger charge is -2.26. The third kappa shape index (κ3) is 2.04. The van der Waals surface area contributed by atoms with Crippen molar-refractivity contribution in [1.82, 2.24) is 19.7 Å². The van der Waals surface area contributed by atoms with E-state index in [1.807, 2.05) is 4.90 Å². The van der Waals surface area contributed by atoms with Crippen molar-refractivity contribution in [2.24, 2.45) is 0 Å². The van der Waals surface area contributed by atoms with Gasteiger partial charge in [-0.15, -0.1) is 5.10 Å². The Kier molecular flexibility index (Phi) is 3.18. The fraction of sp³-hybridized carbons (Fsp3) is 0.333. The topological polar surface area (TPSA) is 106 Å². The van der Waals surface area contributed by atoms with Crippen LogP contribution < -0.4 is 10.6 Å². The van der Waals surface area contributed by atoms with Crippen LogP contribution in [0.25, 0.3) is 5.95 Å². The van der Waals surface area contributed by atoms with Crippen LogP contribution in [-0.4, -0.2) is 46.1 Å². The summed E-state index contributed by atoms with van der Waals surface area (Å²) in [5, 5.41) is 13.7. The molecular weight excluding hydrogens is 258 g/mol. The molecule has 3 heterocycles. The van der Waals surface area contributed by atoms with Gasteiger partial charge in [-0.1, -0.05) is 0 Å². The molecule has 102 valence electrons. The van der Waals surface area contributed by atoms with Crippen LogP contribution >= 0.6 is 0 Å². The zero-order valence-corrected chi connectivity index (χ0v) is 10.7. The number of nitriles is 1. The van der Waals surface area contributed by atoms with E-state index >= 15 is 0 Å². The monoisotopic (exact) mass is 271 g/mol. The molecule has 0 bridgehead atoms. The van der Waals surface area contributed by atoms with Gasteiger partial charge in [0.25, 0.3) is 5.95 Å². The number of aromatic nitrogens is 4. The standard InChI is InChI=1S/C12H13N7O/c13-8-9-10(14)19(12-15-2-1-3-16-12)17-11(9)18-4-6-20-7-5-18/h1-3H,4-7,14H2. The van der Waals surface area contributed by atoms with Crippen molar-refractivity contribution < 1.29 is 4.74 Å². The molecule has 20 heavy (non-hydrogen) atoms. The van der Waals surface area contributed by atoms with Crippen LogP contribution in [0.15, 0.2) is 18.5 Å². The Morgan fingerprint density at radius 3 is 2.60 bits per heavy atom. The number of nitrogens with zero attached hydrogens (tertiary/aromatic N) is 6. The molecule has 0 atom stereocenters. The Balaban J connectivity index is 2.05. The van der Waals surface area contributed by atoms with Crippen molar-refractivity contribution in [2.75, 3.05) is 36.9 Å². The molecule has 2 N–H and O–H groups in total. The fourth-order valence-electron chi connectivity index (χ4n) is 2.08. The van der Waals surface area contributed by atoms with Crippen molar-refractivity contribution in [2.45, 2.75) is 0 Å². The van der Waals surface area contributed by atoms with Gasteiger partial charge < -0.3 is 15.4 Å². The molecule has 0 saturated carbocycles. The van der Waals surface area contributed by atoms with Gasteiger partial charge in [0.2, 0.25) is 0 Å². The second-order valence-electron chi connectivity index (χ2n) is 4.26. The Labute approximate surface area is 115 Å². The van der Waals surface area contributed by atoms with Crippen LogP contribution in [0, 0.1) is 11.3 Å². The first-order valence-electron chi connectivity index (χ1n) is 6.20. The quantitative estimate of drug-likeness (QED) is 0.816. The van der Waals surface area contributed by atoms with Gasteiger partial charge in [0.1, 0.15) is 11.6 Å². The number of hydrogen-bond acceptors (Lipinski definition) is 7. The van der Waals surface area contributed by atoms with Gasteiger partial charge in [0.15, 0.2) is 11.6 Å². The maximum absolute atomic E-state index is 9.31. The third-order valence-corrected chi connectivity index (χ3v) is 3.07. The van der Waals surface area contributed by atoms with E-state index < -0.39 is 0 Å². The largest absolute Gasteiger partial charge is 0.382 e. The first-order chi connectivity index (χ1) is 9.81. The minimum Gasteiger partial charge on any atom is -0.382 e. The SMILES string of the molecule is N#Cc1c(N2CCOCC2)nn(-c2ncccn2)c1N. The van der Waals surface area contributed by atoms with E-state index in [2.05, 4.69) is 21.1 Å². The van der Waals surface area contributed by atoms with Gasteiger partial charge in [-0.05, 0) is 6.07 Å². The van der Waals surface area contributed by atoms with Gasteiger partial charge in [0.05, 0.1) is 13.2 Å². The van der Waals surface area contributed by atoms with Gasteiger partial charge in [-0.25, -0.2) is 9.97 Å². The van der Waals surface area contributed by atoms with Crippen LogP contribution in [0.4, 0.5) is 11.6 Å². The summed E-state index contributed by atoms with van der Waals surface area (Å²) in [5.41, 5.74) is 6.34. The molecule has 1 aliphatic rings. The average Bonchev–Trinajstić information content (AvgIpc) is 2.86. The molecule has 0 aliphatic carbocycles. The minimum absolute atomic E-state index is 0.250. The Bertz CT molecular complexity index is 640. The van der Waals surface area contributed by atoms with E-state index in [9.17, 15) is 5.26 Å². The van der Waals surface area contributed by atoms with E-state index in [4.69, 9.17) is 10.5 Å². The van der Waals surface area contributed by atoms with Gasteiger partial charge in [-0.2, -0.15) is 9.94 Å². The third-order valence-electron chi connectivity index (χ3n) is 3.07. The van der Waals surface area contributed by atoms with E-state index in [1.165, 1.54) is 4.68 Å². The zero-order chi connectivity index (χ0) is 13.9. The number of rotatable bonds is 2. The van der Waals surface area contributed by atoms with Crippen molar-refractivity contribution in [1.29, 1.82) is 5.26 Å². The highest BCUT2D eigenvalue weighted by Gasteiger charge is 2.23. The van der Waals surface area contributed by atoms with E-state index in [0.717, 1.165) is 0 Å². The van der Waals surface area contributed by atoms with Gasteiger partial charge in [-0.3, -0.25) is 0 Å². The summed E-state index contributed by atoms with van der Waals surface area (Å²) in [6, 6.07) is 3.81. The molecule has 0 unspecified atom stereocenters. The number of hydrogen-bond donors (Lipinski definition) is 1. The summed E-state index contributed by atoms with van der Waals surface area (Å²) in [6.07, 6.45) is 3.20. The summed E-state index contributed by atoms with van der Waals surface area (Å²) < 4.78 is 6.69. The van der Waals surface area contributed by atoms with Crippen LogP contribution in [-0.2, 0) is 4.74 Å². The Morgan fingerprint density at radius 2 is 1.95 bits per heavy atom. The first kappa shape index (κ1) is 12.4.